The van der Waals surface area contributed by atoms with Gasteiger partial charge in [0.25, 0.3) is 6.71 Å². The molecule has 6 heteroatoms. The largest absolute Gasteiger partial charge is 0.311 e. The zero-order valence-electron chi connectivity index (χ0n) is 70.8. The third kappa shape index (κ3) is 8.28. The average Bonchev–Trinajstić information content (AvgIpc) is 1.55. The van der Waals surface area contributed by atoms with Crippen LogP contribution in [0, 0.1) is 0 Å². The van der Waals surface area contributed by atoms with E-state index < -0.39 is 73.2 Å². The van der Waals surface area contributed by atoms with Gasteiger partial charge < -0.3 is 23.0 Å². The van der Waals surface area contributed by atoms with Crippen LogP contribution in [0.5, 0.6) is 0 Å². The Morgan fingerprint density at radius 3 is 1.48 bits per heavy atom. The van der Waals surface area contributed by atoms with Crippen molar-refractivity contribution in [3.05, 3.63) is 326 Å². The summed E-state index contributed by atoms with van der Waals surface area (Å²) in [6.07, 6.45) is 0. The zero-order valence-corrected chi connectivity index (χ0v) is 57.8. The van der Waals surface area contributed by atoms with Crippen LogP contribution in [-0.4, -0.2) is 24.8 Å². The molecule has 104 heavy (non-hydrogen) atoms. The first-order valence-electron chi connectivity index (χ1n) is 42.1. The molecule has 0 atom stereocenters. The minimum absolute atomic E-state index is 0.00765. The predicted molar refractivity (Wildman–Crippen MR) is 444 cm³/mol. The summed E-state index contributed by atoms with van der Waals surface area (Å²) in [4.78, 5) is 2.48. The molecule has 0 aliphatic carbocycles. The van der Waals surface area contributed by atoms with E-state index >= 15 is 0 Å². The van der Waals surface area contributed by atoms with Crippen LogP contribution < -0.4 is 21.3 Å². The molecule has 15 aromatic carbocycles. The fourth-order valence-electron chi connectivity index (χ4n) is 17.8. The summed E-state index contributed by atoms with van der Waals surface area (Å²) >= 11 is 0. The predicted octanol–water partition coefficient (Wildman–Crippen LogP) is 24.1. The van der Waals surface area contributed by atoms with Gasteiger partial charge in [0.15, 0.2) is 0 Å². The second kappa shape index (κ2) is 21.5. The summed E-state index contributed by atoms with van der Waals surface area (Å²) in [6.45, 7) is 12.9. The number of hydrogen-bond donors (Lipinski definition) is 0. The van der Waals surface area contributed by atoms with Crippen molar-refractivity contribution in [2.24, 2.45) is 0 Å². The van der Waals surface area contributed by atoms with Gasteiger partial charge >= 0.3 is 0 Å². The fraction of sp³-hybridized carbons (Fsp3) is 0.0816. The lowest BCUT2D eigenvalue weighted by Gasteiger charge is -2.41. The van der Waals surface area contributed by atoms with Crippen LogP contribution in [0.4, 0.5) is 17.1 Å². The Morgan fingerprint density at radius 1 is 0.288 bits per heavy atom. The molecule has 490 valence electrons. The Bertz CT molecular complexity index is 7840. The van der Waals surface area contributed by atoms with E-state index in [0.717, 1.165) is 143 Å². The maximum Gasteiger partial charge on any atom is 0.252 e. The van der Waals surface area contributed by atoms with Gasteiger partial charge in [-0.15, -0.1) is 0 Å². The first kappa shape index (κ1) is 47.5. The number of benzene rings is 15. The molecule has 0 bridgehead atoms. The van der Waals surface area contributed by atoms with Gasteiger partial charge in [0.2, 0.25) is 0 Å². The molecule has 0 radical (unpaired) electrons. The Hall–Kier alpha value is -12.6. The Kier molecular flexibility index (Phi) is 9.80. The molecule has 2 aliphatic rings. The summed E-state index contributed by atoms with van der Waals surface area (Å²) in [6, 6.07) is 78.3. The zero-order chi connectivity index (χ0) is 80.5. The lowest BCUT2D eigenvalue weighted by molar-refractivity contribution is 0.590. The molecule has 5 nitrogen and oxygen atoms in total. The molecule has 0 saturated carbocycles. The van der Waals surface area contributed by atoms with Crippen molar-refractivity contribution < 1.29 is 17.8 Å². The molecule has 0 amide bonds. The average molecular weight is 1340 g/mol. The van der Waals surface area contributed by atoms with Crippen molar-refractivity contribution in [3.63, 3.8) is 0 Å². The van der Waals surface area contributed by atoms with Gasteiger partial charge in [-0.2, -0.15) is 0 Å². The van der Waals surface area contributed by atoms with E-state index in [1.807, 2.05) is 36.4 Å². The third-order valence-electron chi connectivity index (χ3n) is 22.5. The van der Waals surface area contributed by atoms with Crippen LogP contribution >= 0.6 is 0 Å². The summed E-state index contributed by atoms with van der Waals surface area (Å²) < 4.78 is 130. The van der Waals surface area contributed by atoms with Gasteiger partial charge in [-0.3, -0.25) is 0 Å². The van der Waals surface area contributed by atoms with Crippen molar-refractivity contribution in [2.75, 3.05) is 4.90 Å². The van der Waals surface area contributed by atoms with Gasteiger partial charge in [0.1, 0.15) is 0 Å². The van der Waals surface area contributed by atoms with Gasteiger partial charge in [-0.05, 0) is 179 Å². The Labute approximate surface area is 620 Å². The standard InChI is InChI=1S/C98H70BN5/c1-97(2,3)63-42-49-86-77(54-63)78-55-64(98(4,5)6)43-50-87(78)101(86)67-46-48-81-89(57-67)102(65-44-40-61(41-45-65)59-24-9-7-10-25-59)96-92-76-36-23-35-75-71-31-16-14-29-69(71)68-28-13-15-30-70(68)72-32-17-22-39-85(72)103(94(75)76)90(92)58-91-93(96)99(81)82-53-62(60-26-11-8-12-27-60)52-80-79-56-66(47-51-88(79)104(91)95(80)82)100-83-37-20-18-33-73(83)74-34-19-21-38-84(74)100/h7-58H,1-6H3/i8D,11D,12D,18D,19D,20D,21D,26D,27D,33D,34D,37D,38D. The van der Waals surface area contributed by atoms with Crippen LogP contribution in [-0.2, 0) is 10.8 Å². The van der Waals surface area contributed by atoms with E-state index in [0.29, 0.717) is 27.5 Å². The van der Waals surface area contributed by atoms with Crippen LogP contribution in [0.25, 0.3) is 164 Å². The van der Waals surface area contributed by atoms with Crippen LogP contribution in [0.1, 0.15) is 70.5 Å². The molecule has 7 heterocycles. The van der Waals surface area contributed by atoms with E-state index in [2.05, 4.69) is 260 Å². The lowest BCUT2D eigenvalue weighted by atomic mass is 9.33. The molecular formula is C98H70BN5. The first-order valence-corrected chi connectivity index (χ1v) is 35.6. The maximum atomic E-state index is 9.85. The molecule has 2 aliphatic heterocycles. The summed E-state index contributed by atoms with van der Waals surface area (Å²) in [5.74, 6) is 0. The van der Waals surface area contributed by atoms with E-state index in [1.54, 1.807) is 0 Å². The number of rotatable bonds is 5. The van der Waals surface area contributed by atoms with E-state index in [9.17, 15) is 11.0 Å². The number of para-hydroxylation sites is 4. The molecule has 0 spiro atoms. The number of hydrogen-bond acceptors (Lipinski definition) is 1. The van der Waals surface area contributed by atoms with Crippen LogP contribution in [0.2, 0.25) is 0 Å². The topological polar surface area (TPSA) is 22.4 Å². The summed E-state index contributed by atoms with van der Waals surface area (Å²) in [7, 11) is 0. The smallest absolute Gasteiger partial charge is 0.252 e. The third-order valence-corrected chi connectivity index (χ3v) is 22.5. The quantitative estimate of drug-likeness (QED) is 0.157. The van der Waals surface area contributed by atoms with Crippen molar-refractivity contribution >= 4 is 165 Å². The number of nitrogens with zero attached hydrogens (tertiary/aromatic N) is 5. The molecular weight excluding hydrogens is 1260 g/mol. The normalized spacial score (nSPS) is 14.8. The molecule has 22 rings (SSSR count). The highest BCUT2D eigenvalue weighted by Gasteiger charge is 2.45. The van der Waals surface area contributed by atoms with Crippen molar-refractivity contribution in [2.45, 2.75) is 52.4 Å². The first-order chi connectivity index (χ1) is 56.3. The van der Waals surface area contributed by atoms with E-state index in [-0.39, 0.29) is 50.3 Å². The van der Waals surface area contributed by atoms with Crippen molar-refractivity contribution in [1.82, 2.24) is 18.1 Å². The van der Waals surface area contributed by atoms with Gasteiger partial charge in [0.05, 0.1) is 67.6 Å². The van der Waals surface area contributed by atoms with Crippen molar-refractivity contribution in [3.8, 4) is 39.3 Å². The Morgan fingerprint density at radius 2 is 0.808 bits per heavy atom. The highest BCUT2D eigenvalue weighted by Crippen LogP contribution is 2.51. The molecule has 0 fully saturated rings. The molecule has 0 N–H and O–H groups in total. The number of fused-ring (bicyclic) bond motifs is 24. The number of anilines is 3. The van der Waals surface area contributed by atoms with Crippen LogP contribution in [0.3, 0.4) is 0 Å². The number of aromatic nitrogens is 4. The second-order valence-electron chi connectivity index (χ2n) is 30.2. The molecule has 5 aromatic heterocycles. The molecule has 0 unspecified atom stereocenters. The van der Waals surface area contributed by atoms with Crippen LogP contribution in [0.15, 0.2) is 315 Å². The minimum atomic E-state index is -0.682. The van der Waals surface area contributed by atoms with Gasteiger partial charge in [-0.25, -0.2) is 0 Å². The van der Waals surface area contributed by atoms with E-state index in [1.165, 1.54) is 15.7 Å². The second-order valence-corrected chi connectivity index (χ2v) is 30.2. The molecule has 0 saturated heterocycles. The highest BCUT2D eigenvalue weighted by atomic mass is 15.2. The van der Waals surface area contributed by atoms with Crippen molar-refractivity contribution in [1.29, 1.82) is 0 Å². The van der Waals surface area contributed by atoms with Gasteiger partial charge in [0, 0.05) is 87.8 Å². The fourth-order valence-corrected chi connectivity index (χ4v) is 17.8. The minimum Gasteiger partial charge on any atom is -0.311 e. The summed E-state index contributed by atoms with van der Waals surface area (Å²) in [5, 5.41) is 11.6. The monoisotopic (exact) mass is 1340 g/mol. The lowest BCUT2D eigenvalue weighted by Crippen LogP contribution is -2.60. The maximum absolute atomic E-state index is 9.85. The highest BCUT2D eigenvalue weighted by molar-refractivity contribution is 7.00. The summed E-state index contributed by atoms with van der Waals surface area (Å²) in [5.41, 5.74) is 18.1. The Balaban J connectivity index is 0.963. The molecule has 20 aromatic rings. The SMILES string of the molecule is [2H]c1c([2H])c([2H])c(-c2cc3c4c(c2)c2cc(-n5c6c([2H])c([2H])c([2H])c([2H])c6c6c([2H])c([2H])c([2H])c([2H])c65)ccc2n4-c2cc4c(c5c2B3c2ccc(-n3c6ccc(C(C)(C)C)cc6c6cc(C(C)(C)C)ccc63)cc2N5c2ccc(-c3ccccc3)cc2)c2cccc3c5ccccc5c5ccccc5c5ccccc5n4c32)c([2H])c1[2H]. The van der Waals surface area contributed by atoms with E-state index in [4.69, 9.17) is 6.85 Å². The van der Waals surface area contributed by atoms with Gasteiger partial charge in [-0.1, -0.05) is 260 Å².